The summed E-state index contributed by atoms with van der Waals surface area (Å²) in [5, 5.41) is 31.9. The van der Waals surface area contributed by atoms with Crippen molar-refractivity contribution in [2.75, 3.05) is 6.61 Å². The Balaban J connectivity index is 0.00000338. The van der Waals surface area contributed by atoms with Gasteiger partial charge in [-0.1, -0.05) is 27.4 Å². The Morgan fingerprint density at radius 1 is 1.02 bits per heavy atom. The topological polar surface area (TPSA) is 255 Å². The molecule has 5 rings (SSSR count). The van der Waals surface area contributed by atoms with Gasteiger partial charge in [-0.25, -0.2) is 16.8 Å². The van der Waals surface area contributed by atoms with E-state index in [4.69, 9.17) is 14.2 Å². The number of hydrogen-bond acceptors (Lipinski definition) is 15. The van der Waals surface area contributed by atoms with E-state index in [9.17, 15) is 50.8 Å². The van der Waals surface area contributed by atoms with Crippen LogP contribution in [0.3, 0.4) is 0 Å². The SMILES string of the molecule is C=C1[C@@H]2CC[C@H]3[C@]4(C)C[C@H](O[C@H]5O[C@@H](CO)[C@H](OS(=O)(=O)[O-])[C@@H](OS(=O)(=O)[O-])[C@@H]5OC(=O)CC(C)C)CC(C(=O)O)[C@H]4CC[C@]3(C2)[C@H]1O.[K+].[K+]. The zero-order chi connectivity index (χ0) is 35.6. The standard InChI is InChI=1S/C30H46O16S2.2K/c1-14(2)9-22(32)44-25-24(46-48(39,40)41)23(45-47(36,37)38)20(13-31)43-28(25)42-17-10-18(27(34)35)19-7-8-30-11-16(15(3)26(30)33)5-6-21(30)29(19,4)12-17;;/h14,16-21,23-26,28,31,33H,3,5-13H2,1-2,4H3,(H,34,35)(H,36,37,38)(H,39,40,41);;/q;2*+1/p-2/t16-,17-,18?,19-,20+,21+,23+,24-,25+,26+,28+,29-,30-;;/m1../s1. The first-order valence-corrected chi connectivity index (χ1v) is 18.8. The predicted octanol–water partition coefficient (Wildman–Crippen LogP) is -5.01. The van der Waals surface area contributed by atoms with E-state index in [-0.39, 0.29) is 146 Å². The Kier molecular flexibility index (Phi) is 15.9. The van der Waals surface area contributed by atoms with Gasteiger partial charge in [0.05, 0.1) is 24.7 Å². The van der Waals surface area contributed by atoms with Crippen molar-refractivity contribution in [3.63, 3.8) is 0 Å². The molecule has 1 unspecified atom stereocenters. The Morgan fingerprint density at radius 2 is 1.64 bits per heavy atom. The molecule has 50 heavy (non-hydrogen) atoms. The molecule has 4 saturated carbocycles. The maximum atomic E-state index is 12.9. The normalized spacial score (nSPS) is 41.3. The summed E-state index contributed by atoms with van der Waals surface area (Å²) in [6, 6.07) is 0. The third-order valence-corrected chi connectivity index (χ3v) is 12.4. The minimum Gasteiger partial charge on any atom is -0.726 e. The summed E-state index contributed by atoms with van der Waals surface area (Å²) in [6.45, 7) is 8.41. The molecule has 13 atom stereocenters. The zero-order valence-electron chi connectivity index (χ0n) is 29.0. The predicted molar refractivity (Wildman–Crippen MR) is 159 cm³/mol. The van der Waals surface area contributed by atoms with Crippen LogP contribution in [0.25, 0.3) is 0 Å². The van der Waals surface area contributed by atoms with Gasteiger partial charge in [-0.05, 0) is 79.6 Å². The number of aliphatic hydroxyl groups excluding tert-OH is 2. The molecule has 4 aliphatic carbocycles. The Labute approximate surface area is 377 Å². The maximum absolute atomic E-state index is 12.9. The number of carboxylic acid groups (broad SMARTS) is 1. The van der Waals surface area contributed by atoms with Crippen LogP contribution < -0.4 is 103 Å². The van der Waals surface area contributed by atoms with Gasteiger partial charge in [0.15, 0.2) is 12.4 Å². The number of carbonyl (C=O) groups excluding carboxylic acids is 1. The van der Waals surface area contributed by atoms with Crippen LogP contribution in [-0.2, 0) is 53.0 Å². The third kappa shape index (κ3) is 9.55. The first-order chi connectivity index (χ1) is 22.2. The Bertz CT molecular complexity index is 1490. The van der Waals surface area contributed by atoms with E-state index in [0.717, 1.165) is 24.8 Å². The van der Waals surface area contributed by atoms with Crippen molar-refractivity contribution < 1.29 is 176 Å². The largest absolute Gasteiger partial charge is 1.00 e. The van der Waals surface area contributed by atoms with Gasteiger partial charge >= 0.3 is 115 Å². The number of esters is 1. The van der Waals surface area contributed by atoms with Gasteiger partial charge in [0, 0.05) is 11.8 Å². The number of fused-ring (bicyclic) bond motifs is 3. The number of aliphatic carboxylic acids is 1. The summed E-state index contributed by atoms with van der Waals surface area (Å²) in [5.74, 6) is -3.38. The number of aliphatic hydroxyl groups is 2. The van der Waals surface area contributed by atoms with E-state index in [2.05, 4.69) is 14.9 Å². The third-order valence-electron chi connectivity index (χ3n) is 11.5. The van der Waals surface area contributed by atoms with Gasteiger partial charge in [-0.2, -0.15) is 0 Å². The fraction of sp³-hybridized carbons (Fsp3) is 0.867. The summed E-state index contributed by atoms with van der Waals surface area (Å²) in [4.78, 5) is 25.6. The number of rotatable bonds is 11. The smallest absolute Gasteiger partial charge is 0.726 e. The van der Waals surface area contributed by atoms with Crippen LogP contribution in [-0.4, -0.2) is 103 Å². The monoisotopic (exact) mass is 802 g/mol. The van der Waals surface area contributed by atoms with E-state index in [1.807, 2.05) is 6.92 Å². The molecular weight excluding hydrogens is 759 g/mol. The summed E-state index contributed by atoms with van der Waals surface area (Å²) in [6.07, 6.45) is -8.49. The van der Waals surface area contributed by atoms with Crippen LogP contribution in [0.2, 0.25) is 0 Å². The molecule has 1 spiro atoms. The molecule has 0 aromatic carbocycles. The number of carboxylic acids is 1. The molecule has 1 heterocycles. The number of hydrogen-bond donors (Lipinski definition) is 3. The minimum atomic E-state index is -5.69. The summed E-state index contributed by atoms with van der Waals surface area (Å²) in [7, 11) is -11.3. The van der Waals surface area contributed by atoms with Gasteiger partial charge in [0.25, 0.3) is 0 Å². The Morgan fingerprint density at radius 3 is 2.20 bits per heavy atom. The molecule has 20 heteroatoms. The van der Waals surface area contributed by atoms with Crippen LogP contribution >= 0.6 is 0 Å². The number of ether oxygens (including phenoxy) is 3. The fourth-order valence-corrected chi connectivity index (χ4v) is 10.8. The van der Waals surface area contributed by atoms with Crippen molar-refractivity contribution >= 4 is 32.7 Å². The molecule has 2 bridgehead atoms. The van der Waals surface area contributed by atoms with Gasteiger partial charge in [-0.15, -0.1) is 0 Å². The van der Waals surface area contributed by atoms with Crippen LogP contribution in [0.5, 0.6) is 0 Å². The first kappa shape index (κ1) is 45.9. The molecule has 16 nitrogen and oxygen atoms in total. The van der Waals surface area contributed by atoms with Crippen molar-refractivity contribution in [3.8, 4) is 0 Å². The summed E-state index contributed by atoms with van der Waals surface area (Å²) < 4.78 is 96.9. The average molecular weight is 803 g/mol. The van der Waals surface area contributed by atoms with Crippen LogP contribution in [0, 0.1) is 40.4 Å². The molecule has 3 N–H and O–H groups in total. The molecule has 5 aliphatic rings. The van der Waals surface area contributed by atoms with Gasteiger partial charge < -0.3 is 38.6 Å². The Hall–Kier alpha value is 1.53. The number of carbonyl (C=O) groups is 2. The maximum Gasteiger partial charge on any atom is 1.00 e. The second kappa shape index (κ2) is 17.4. The van der Waals surface area contributed by atoms with Gasteiger partial charge in [0.2, 0.25) is 20.8 Å². The van der Waals surface area contributed by atoms with Crippen LogP contribution in [0.1, 0.15) is 72.1 Å². The first-order valence-electron chi connectivity index (χ1n) is 16.2. The molecule has 1 saturated heterocycles. The molecular formula is C30H44K2O16S2. The molecule has 0 radical (unpaired) electrons. The van der Waals surface area contributed by atoms with Crippen molar-refractivity contribution in [2.45, 2.75) is 115 Å². The van der Waals surface area contributed by atoms with Crippen molar-refractivity contribution in [3.05, 3.63) is 12.2 Å². The quantitative estimate of drug-likeness (QED) is 0.0442. The van der Waals surface area contributed by atoms with Crippen molar-refractivity contribution in [1.29, 1.82) is 0 Å². The van der Waals surface area contributed by atoms with Crippen LogP contribution in [0.4, 0.5) is 0 Å². The fourth-order valence-electron chi connectivity index (χ4n) is 9.81. The molecule has 0 amide bonds. The van der Waals surface area contributed by atoms with Crippen molar-refractivity contribution in [2.24, 2.45) is 40.4 Å². The molecule has 274 valence electrons. The average Bonchev–Trinajstić information content (AvgIpc) is 3.12. The second-order valence-electron chi connectivity index (χ2n) is 14.8. The van der Waals surface area contributed by atoms with Gasteiger partial charge in [-0.3, -0.25) is 18.0 Å². The molecule has 1 aliphatic heterocycles. The van der Waals surface area contributed by atoms with E-state index in [1.165, 1.54) is 0 Å². The van der Waals surface area contributed by atoms with E-state index in [1.54, 1.807) is 13.8 Å². The van der Waals surface area contributed by atoms with Crippen LogP contribution in [0.15, 0.2) is 12.2 Å². The summed E-state index contributed by atoms with van der Waals surface area (Å²) in [5.41, 5.74) is -0.359. The minimum absolute atomic E-state index is 0. The second-order valence-corrected chi connectivity index (χ2v) is 16.8. The van der Waals surface area contributed by atoms with E-state index >= 15 is 0 Å². The van der Waals surface area contributed by atoms with Gasteiger partial charge in [0.1, 0.15) is 18.3 Å². The van der Waals surface area contributed by atoms with E-state index in [0.29, 0.717) is 12.8 Å². The molecule has 5 fully saturated rings. The van der Waals surface area contributed by atoms with Crippen molar-refractivity contribution in [1.82, 2.24) is 0 Å². The molecule has 0 aromatic heterocycles. The molecule has 0 aromatic rings. The summed E-state index contributed by atoms with van der Waals surface area (Å²) >= 11 is 0. The zero-order valence-corrected chi connectivity index (χ0v) is 36.8. The van der Waals surface area contributed by atoms with E-state index < -0.39 is 99.0 Å².